The van der Waals surface area contributed by atoms with E-state index in [9.17, 15) is 62.3 Å². The standard InChI is InChI=1S/2C13H21N3O4.C12H20N4O3.C12H18N4O2.C11H15NO.C9H17NO3.C8H11N3.C8H11N.C5H8O3.C3H5ClO/c1-13(2,3)20-12(18)15(4)8-9-7-10(11(17)19-6)14-16(9)5;1-13(2,3)20-12(18)15(4)8-9-7-10(11(17)19-6)16(5)14-9;1-12(2,3)19-11(18)15(4)7-8-6-9(10(13)17)14-16(8)5;1-12(2,3)18-11(17)15(4)8-10-6-9(7-13)14-16(10)5;1-10(13)8-12(2)9-11-6-4-3-5-7-11;1-7(11)6-10(5)8(12)13-9(2,3)4;1-3-4-8-5-7(6-9)10-11(8)2;1-9-7-8-5-3-2-4-6-8;1-3-8-5(7)4(2)6;1-3(5)2-4/h2*7H,8H2,1-6H3;6H,7H2,1-5H3,(H2,13,17);6H,8H2,1-5H3;3-7H,8-9H2,1-2H3;6H2,1-5H3;5H,3-4H2,1-2H3;2-6,9H,7H2,1H3;3H2,1-2H3;2H2,1H3. The summed E-state index contributed by atoms with van der Waals surface area (Å²) < 4.78 is 47.4. The molecule has 0 radical (unpaired) electrons. The van der Waals surface area contributed by atoms with Gasteiger partial charge < -0.3 is 73.4 Å². The van der Waals surface area contributed by atoms with Crippen LogP contribution in [0.25, 0.3) is 0 Å². The lowest BCUT2D eigenvalue weighted by molar-refractivity contribution is -0.152. The molecular weight excluding hydrogens is 1780 g/mol. The zero-order chi connectivity index (χ0) is 106. The number of nitriles is 2. The number of carbonyl (C=O) groups excluding carboxylic acids is 13. The van der Waals surface area contributed by atoms with E-state index in [1.165, 1.54) is 91.7 Å². The van der Waals surface area contributed by atoms with Gasteiger partial charge in [-0.25, -0.2) is 38.4 Å². The molecule has 0 bridgehead atoms. The number of carbonyl (C=O) groups is 13. The SMILES string of the molecule is CC(=O)CCl.CC(=O)CN(C)C(=O)OC(C)(C)C.CC(=O)CN(C)Cc1ccccc1.CCCc1cc(C#N)nn1C.CCOC(=O)C(C)=O.CN(Cc1cc(C#N)nn1C)C(=O)OC(C)(C)C.CN(Cc1cc(C(N)=O)nn1C)C(=O)OC(C)(C)C.CNCc1ccccc1.COC(=O)c1cc(CN(C)C(=O)OC(C)(C)C)n(C)n1.COC(=O)c1cc(CN(C)C(=O)OC(C)(C)C)nn1C. The van der Waals surface area contributed by atoms with E-state index in [4.69, 9.17) is 51.5 Å². The first kappa shape index (κ1) is 127. The fraction of sp³-hybridized carbons (Fsp3) is 0.553. The second-order valence-electron chi connectivity index (χ2n) is 35.4. The van der Waals surface area contributed by atoms with E-state index in [1.807, 2.05) is 101 Å². The van der Waals surface area contributed by atoms with Crippen molar-refractivity contribution in [3.63, 3.8) is 0 Å². The summed E-state index contributed by atoms with van der Waals surface area (Å²) in [5, 5.41) is 40.5. The molecule has 2 aromatic carbocycles. The van der Waals surface area contributed by atoms with Crippen LogP contribution in [-0.4, -0.2) is 273 Å². The number of halogens is 1. The van der Waals surface area contributed by atoms with Gasteiger partial charge in [0.1, 0.15) is 68.9 Å². The summed E-state index contributed by atoms with van der Waals surface area (Å²) in [7, 11) is 23.2. The Bertz CT molecular complexity index is 4990. The Morgan fingerprint density at radius 3 is 1.08 bits per heavy atom. The molecule has 7 rings (SSSR count). The van der Waals surface area contributed by atoms with Crippen molar-refractivity contribution in [1.82, 2.24) is 83.6 Å². The molecule has 3 N–H and O–H groups in total. The molecule has 41 nitrogen and oxygen atoms in total. The van der Waals surface area contributed by atoms with Crippen LogP contribution in [0, 0.1) is 22.7 Å². The van der Waals surface area contributed by atoms with E-state index >= 15 is 0 Å². The fourth-order valence-electron chi connectivity index (χ4n) is 9.98. The van der Waals surface area contributed by atoms with Crippen molar-refractivity contribution in [2.24, 2.45) is 41.0 Å². The summed E-state index contributed by atoms with van der Waals surface area (Å²) in [5.41, 5.74) is 10.5. The van der Waals surface area contributed by atoms with E-state index in [0.717, 1.165) is 37.3 Å². The summed E-state index contributed by atoms with van der Waals surface area (Å²) in [5.74, 6) is -2.57. The van der Waals surface area contributed by atoms with Gasteiger partial charge in [-0.1, -0.05) is 74.0 Å². The first-order valence-electron chi connectivity index (χ1n) is 42.9. The lowest BCUT2D eigenvalue weighted by Crippen LogP contribution is -2.36. The quantitative estimate of drug-likeness (QED) is 0.0245. The highest BCUT2D eigenvalue weighted by atomic mass is 35.5. The largest absolute Gasteiger partial charge is 0.464 e. The molecule has 7 aromatic rings. The molecule has 0 fully saturated rings. The van der Waals surface area contributed by atoms with E-state index in [1.54, 1.807) is 187 Å². The second kappa shape index (κ2) is 63.0. The number of rotatable bonds is 24. The number of hydrogen-bond acceptors (Lipinski definition) is 30. The Kier molecular flexibility index (Phi) is 58.7. The van der Waals surface area contributed by atoms with E-state index < -0.39 is 88.1 Å². The third-order valence-corrected chi connectivity index (χ3v) is 16.3. The number of ketones is 4. The lowest BCUT2D eigenvalue weighted by atomic mass is 10.2. The van der Waals surface area contributed by atoms with Crippen molar-refractivity contribution in [3.05, 3.63) is 159 Å². The van der Waals surface area contributed by atoms with Gasteiger partial charge in [-0.15, -0.1) is 11.6 Å². The predicted molar refractivity (Wildman–Crippen MR) is 512 cm³/mol. The number of methoxy groups -OCH3 is 2. The van der Waals surface area contributed by atoms with Crippen molar-refractivity contribution < 1.29 is 100 Å². The maximum Gasteiger partial charge on any atom is 0.410 e. The number of nitrogens with zero attached hydrogens (tertiary/aromatic N) is 18. The third-order valence-electron chi connectivity index (χ3n) is 16.0. The minimum atomic E-state index is -0.757. The number of likely N-dealkylation sites (N-methyl/N-ethyl adjacent to an activating group) is 2. The van der Waals surface area contributed by atoms with Crippen molar-refractivity contribution in [3.8, 4) is 12.1 Å². The minimum absolute atomic E-state index is 0.0201. The molecule has 0 aliphatic rings. The molecule has 756 valence electrons. The van der Waals surface area contributed by atoms with E-state index in [2.05, 4.69) is 76.2 Å². The molecular formula is C94H147ClN20O21. The lowest BCUT2D eigenvalue weighted by Gasteiger charge is -2.24. The van der Waals surface area contributed by atoms with Crippen LogP contribution >= 0.6 is 11.6 Å². The fourth-order valence-corrected chi connectivity index (χ4v) is 9.98. The molecule has 5 aromatic heterocycles. The topological polar surface area (TPSA) is 490 Å². The number of nitrogens with two attached hydrogens (primary N) is 1. The number of primary amides is 1. The van der Waals surface area contributed by atoms with Crippen LogP contribution in [0.1, 0.15) is 234 Å². The number of amides is 6. The number of Topliss-reactive ketones (excluding diaryl/α,β-unsaturated/α-hetero) is 4. The Morgan fingerprint density at radius 2 is 0.772 bits per heavy atom. The first-order chi connectivity index (χ1) is 62.7. The summed E-state index contributed by atoms with van der Waals surface area (Å²) in [4.78, 5) is 153. The summed E-state index contributed by atoms with van der Waals surface area (Å²) >= 11 is 4.99. The zero-order valence-electron chi connectivity index (χ0n) is 86.2. The smallest absolute Gasteiger partial charge is 0.410 e. The molecule has 0 atom stereocenters. The van der Waals surface area contributed by atoms with E-state index in [0.29, 0.717) is 47.3 Å². The number of aromatic nitrogens is 10. The van der Waals surface area contributed by atoms with Gasteiger partial charge in [0.2, 0.25) is 5.78 Å². The van der Waals surface area contributed by atoms with Gasteiger partial charge in [-0.2, -0.15) is 36.0 Å². The highest BCUT2D eigenvalue weighted by Crippen LogP contribution is 2.19. The maximum atomic E-state index is 11.9. The molecule has 6 amide bonds. The molecule has 0 unspecified atom stereocenters. The molecule has 0 aliphatic heterocycles. The van der Waals surface area contributed by atoms with Crippen LogP contribution in [0.15, 0.2) is 91.0 Å². The van der Waals surface area contributed by atoms with Crippen LogP contribution in [0.3, 0.4) is 0 Å². The first-order valence-corrected chi connectivity index (χ1v) is 43.4. The molecule has 0 saturated heterocycles. The van der Waals surface area contributed by atoms with Crippen LogP contribution in [0.4, 0.5) is 24.0 Å². The highest BCUT2D eigenvalue weighted by Gasteiger charge is 2.27. The Balaban J connectivity index is -0.00000147. The Morgan fingerprint density at radius 1 is 0.434 bits per heavy atom. The van der Waals surface area contributed by atoms with E-state index in [-0.39, 0.29) is 67.4 Å². The summed E-state index contributed by atoms with van der Waals surface area (Å²) in [6.45, 7) is 40.3. The summed E-state index contributed by atoms with van der Waals surface area (Å²) in [6.07, 6.45) is -0.101. The molecule has 0 spiro atoms. The number of aryl methyl sites for hydroxylation is 6. The summed E-state index contributed by atoms with van der Waals surface area (Å²) in [6, 6.07) is 32.7. The van der Waals surface area contributed by atoms with Gasteiger partial charge in [-0.05, 0) is 194 Å². The molecule has 136 heavy (non-hydrogen) atoms. The van der Waals surface area contributed by atoms with Gasteiger partial charge in [0, 0.05) is 96.2 Å². The average Bonchev–Trinajstić information content (AvgIpc) is 1.71. The van der Waals surface area contributed by atoms with Gasteiger partial charge in [-0.3, -0.25) is 52.3 Å². The normalized spacial score (nSPS) is 10.5. The number of hydrogen-bond donors (Lipinski definition) is 2. The third kappa shape index (κ3) is 59.3. The minimum Gasteiger partial charge on any atom is -0.464 e. The Hall–Kier alpha value is -13.4. The van der Waals surface area contributed by atoms with Crippen LogP contribution in [-0.2, 0) is 143 Å². The predicted octanol–water partition coefficient (Wildman–Crippen LogP) is 12.4. The molecule has 5 heterocycles. The van der Waals surface area contributed by atoms with Crippen LogP contribution in [0.5, 0.6) is 0 Å². The van der Waals surface area contributed by atoms with Gasteiger partial charge in [0.05, 0.1) is 88.8 Å². The van der Waals surface area contributed by atoms with Crippen molar-refractivity contribution in [2.45, 2.75) is 226 Å². The number of nitrogens with one attached hydrogen (secondary N) is 1. The van der Waals surface area contributed by atoms with Crippen LogP contribution in [0.2, 0.25) is 0 Å². The molecule has 0 aliphatic carbocycles. The van der Waals surface area contributed by atoms with Gasteiger partial charge in [0.25, 0.3) is 5.91 Å². The maximum absolute atomic E-state index is 11.9. The van der Waals surface area contributed by atoms with Gasteiger partial charge in [0.15, 0.2) is 17.1 Å². The number of esters is 3. The van der Waals surface area contributed by atoms with Gasteiger partial charge >= 0.3 is 48.4 Å². The molecule has 0 saturated carbocycles. The Labute approximate surface area is 806 Å². The van der Waals surface area contributed by atoms with Crippen molar-refractivity contribution >= 4 is 89.0 Å². The number of ether oxygens (including phenoxy) is 8. The number of benzene rings is 2. The highest BCUT2D eigenvalue weighted by molar-refractivity contribution is 6.32. The van der Waals surface area contributed by atoms with Crippen molar-refractivity contribution in [1.29, 1.82) is 10.5 Å². The van der Waals surface area contributed by atoms with Crippen LogP contribution < -0.4 is 11.1 Å². The second-order valence-corrected chi connectivity index (χ2v) is 35.7. The van der Waals surface area contributed by atoms with Crippen molar-refractivity contribution in [2.75, 3.05) is 89.1 Å². The molecule has 42 heteroatoms. The number of alkyl halides is 1. The average molecular weight is 1930 g/mol. The monoisotopic (exact) mass is 1930 g/mol. The zero-order valence-corrected chi connectivity index (χ0v) is 87.0.